The molecule has 22 heavy (non-hydrogen) atoms. The first-order chi connectivity index (χ1) is 10.4. The van der Waals surface area contributed by atoms with E-state index in [1.165, 1.54) is 0 Å². The third-order valence-corrected chi connectivity index (χ3v) is 3.78. The number of amides is 1. The van der Waals surface area contributed by atoms with Gasteiger partial charge in [-0.25, -0.2) is 4.79 Å². The number of carbonyl (C=O) groups is 1. The number of ether oxygens (including phenoxy) is 2. The second-order valence-electron chi connectivity index (χ2n) is 5.97. The fourth-order valence-corrected chi connectivity index (χ4v) is 2.65. The molecular formula is C16H23NO5. The van der Waals surface area contributed by atoms with Crippen LogP contribution >= 0.6 is 0 Å². The molecule has 1 aromatic rings. The third-order valence-electron chi connectivity index (χ3n) is 3.78. The molecule has 2 rings (SSSR count). The molecule has 6 heteroatoms. The SMILES string of the molecule is CC1(C)OCC(C(CNC(=O)O)C(O)Cc2ccccc2)O1. The number of aliphatic hydroxyl groups excluding tert-OH is 1. The van der Waals surface area contributed by atoms with Crippen molar-refractivity contribution in [3.63, 3.8) is 0 Å². The van der Waals surface area contributed by atoms with E-state index in [0.29, 0.717) is 13.0 Å². The maximum absolute atomic E-state index is 10.8. The summed E-state index contributed by atoms with van der Waals surface area (Å²) in [6.45, 7) is 4.06. The zero-order valence-electron chi connectivity index (χ0n) is 12.9. The molecule has 1 fully saturated rings. The second kappa shape index (κ2) is 7.09. The molecule has 1 aliphatic rings. The van der Waals surface area contributed by atoms with Crippen molar-refractivity contribution in [1.29, 1.82) is 0 Å². The molecule has 1 amide bonds. The summed E-state index contributed by atoms with van der Waals surface area (Å²) in [6, 6.07) is 9.59. The highest BCUT2D eigenvalue weighted by Crippen LogP contribution is 2.29. The normalized spacial score (nSPS) is 23.0. The van der Waals surface area contributed by atoms with Gasteiger partial charge in [0.25, 0.3) is 0 Å². The van der Waals surface area contributed by atoms with Gasteiger partial charge in [-0.05, 0) is 25.8 Å². The Morgan fingerprint density at radius 1 is 1.41 bits per heavy atom. The van der Waals surface area contributed by atoms with E-state index >= 15 is 0 Å². The van der Waals surface area contributed by atoms with E-state index in [1.54, 1.807) is 13.8 Å². The molecule has 3 unspecified atom stereocenters. The van der Waals surface area contributed by atoms with Gasteiger partial charge in [-0.3, -0.25) is 0 Å². The maximum atomic E-state index is 10.8. The standard InChI is InChI=1S/C16H23NO5/c1-16(2)21-10-14(22-16)12(9-17-15(19)20)13(18)8-11-6-4-3-5-7-11/h3-7,12-14,17-18H,8-10H2,1-2H3,(H,19,20). The highest BCUT2D eigenvalue weighted by atomic mass is 16.7. The molecule has 6 nitrogen and oxygen atoms in total. The number of hydrogen-bond acceptors (Lipinski definition) is 4. The average Bonchev–Trinajstić information content (AvgIpc) is 2.80. The van der Waals surface area contributed by atoms with Crippen LogP contribution in [0.4, 0.5) is 4.79 Å². The quantitative estimate of drug-likeness (QED) is 0.743. The summed E-state index contributed by atoms with van der Waals surface area (Å²) in [6.07, 6.45) is -1.75. The molecule has 3 N–H and O–H groups in total. The molecule has 0 spiro atoms. The average molecular weight is 309 g/mol. The summed E-state index contributed by atoms with van der Waals surface area (Å²) in [5.74, 6) is -1.09. The lowest BCUT2D eigenvalue weighted by Gasteiger charge is -2.28. The van der Waals surface area contributed by atoms with Crippen molar-refractivity contribution < 1.29 is 24.5 Å². The summed E-state index contributed by atoms with van der Waals surface area (Å²) in [7, 11) is 0. The van der Waals surface area contributed by atoms with Gasteiger partial charge in [-0.2, -0.15) is 0 Å². The van der Waals surface area contributed by atoms with Crippen LogP contribution in [0.15, 0.2) is 30.3 Å². The summed E-state index contributed by atoms with van der Waals surface area (Å²) >= 11 is 0. The fraction of sp³-hybridized carbons (Fsp3) is 0.562. The van der Waals surface area contributed by atoms with Gasteiger partial charge in [0.1, 0.15) is 0 Å². The molecule has 0 bridgehead atoms. The molecule has 0 aliphatic carbocycles. The van der Waals surface area contributed by atoms with Crippen LogP contribution in [0.25, 0.3) is 0 Å². The molecule has 0 radical (unpaired) electrons. The van der Waals surface area contributed by atoms with Gasteiger partial charge in [0, 0.05) is 12.5 Å². The van der Waals surface area contributed by atoms with Crippen LogP contribution in [-0.4, -0.2) is 47.5 Å². The van der Waals surface area contributed by atoms with Crippen LogP contribution in [0.3, 0.4) is 0 Å². The number of hydrogen-bond donors (Lipinski definition) is 3. The smallest absolute Gasteiger partial charge is 0.404 e. The zero-order valence-corrected chi connectivity index (χ0v) is 12.9. The van der Waals surface area contributed by atoms with Crippen LogP contribution in [0.5, 0.6) is 0 Å². The Balaban J connectivity index is 2.04. The van der Waals surface area contributed by atoms with Gasteiger partial charge in [0.05, 0.1) is 18.8 Å². The molecule has 1 aromatic carbocycles. The third kappa shape index (κ3) is 4.69. The highest BCUT2D eigenvalue weighted by Gasteiger charge is 2.40. The van der Waals surface area contributed by atoms with Gasteiger partial charge >= 0.3 is 6.09 Å². The predicted octanol–water partition coefficient (Wildman–Crippen LogP) is 1.63. The Morgan fingerprint density at radius 2 is 2.09 bits per heavy atom. The van der Waals surface area contributed by atoms with Gasteiger partial charge < -0.3 is 25.0 Å². The molecule has 1 aliphatic heterocycles. The van der Waals surface area contributed by atoms with Crippen molar-refractivity contribution in [1.82, 2.24) is 5.32 Å². The summed E-state index contributed by atoms with van der Waals surface area (Å²) in [5.41, 5.74) is 0.994. The number of rotatable bonds is 6. The van der Waals surface area contributed by atoms with Gasteiger partial charge in [0.2, 0.25) is 0 Å². The minimum atomic E-state index is -1.12. The van der Waals surface area contributed by atoms with Crippen LogP contribution in [0, 0.1) is 5.92 Å². The predicted molar refractivity (Wildman–Crippen MR) is 80.6 cm³/mol. The number of nitrogens with one attached hydrogen (secondary N) is 1. The Bertz CT molecular complexity index is 491. The topological polar surface area (TPSA) is 88.0 Å². The van der Waals surface area contributed by atoms with Crippen molar-refractivity contribution in [3.8, 4) is 0 Å². The van der Waals surface area contributed by atoms with E-state index in [9.17, 15) is 9.90 Å². The van der Waals surface area contributed by atoms with Crippen LogP contribution in [0.1, 0.15) is 19.4 Å². The summed E-state index contributed by atoms with van der Waals surface area (Å²) in [5, 5.41) is 21.7. The van der Waals surface area contributed by atoms with E-state index in [0.717, 1.165) is 5.56 Å². The Labute approximate surface area is 130 Å². The summed E-state index contributed by atoms with van der Waals surface area (Å²) < 4.78 is 11.3. The minimum absolute atomic E-state index is 0.118. The largest absolute Gasteiger partial charge is 0.465 e. The molecule has 122 valence electrons. The van der Waals surface area contributed by atoms with E-state index in [2.05, 4.69) is 5.32 Å². The van der Waals surface area contributed by atoms with E-state index < -0.39 is 18.0 Å². The Kier molecular flexibility index (Phi) is 5.39. The van der Waals surface area contributed by atoms with Crippen molar-refractivity contribution in [2.75, 3.05) is 13.2 Å². The van der Waals surface area contributed by atoms with Crippen molar-refractivity contribution in [3.05, 3.63) is 35.9 Å². The first kappa shape index (κ1) is 16.7. The minimum Gasteiger partial charge on any atom is -0.465 e. The van der Waals surface area contributed by atoms with Crippen LogP contribution in [0.2, 0.25) is 0 Å². The maximum Gasteiger partial charge on any atom is 0.404 e. The summed E-state index contributed by atoms with van der Waals surface area (Å²) in [4.78, 5) is 10.8. The highest BCUT2D eigenvalue weighted by molar-refractivity contribution is 5.64. The molecular weight excluding hydrogens is 286 g/mol. The van der Waals surface area contributed by atoms with Crippen LogP contribution < -0.4 is 5.32 Å². The monoisotopic (exact) mass is 309 g/mol. The van der Waals surface area contributed by atoms with Gasteiger partial charge in [-0.1, -0.05) is 30.3 Å². The van der Waals surface area contributed by atoms with Crippen molar-refractivity contribution >= 4 is 6.09 Å². The Hall–Kier alpha value is -1.63. The van der Waals surface area contributed by atoms with Crippen LogP contribution in [-0.2, 0) is 15.9 Å². The molecule has 0 aromatic heterocycles. The van der Waals surface area contributed by atoms with Crippen molar-refractivity contribution in [2.45, 2.75) is 38.3 Å². The molecule has 0 saturated carbocycles. The lowest BCUT2D eigenvalue weighted by molar-refractivity contribution is -0.149. The number of aliphatic hydroxyl groups is 1. The molecule has 3 atom stereocenters. The first-order valence-corrected chi connectivity index (χ1v) is 7.38. The number of benzene rings is 1. The van der Waals surface area contributed by atoms with Gasteiger partial charge in [0.15, 0.2) is 5.79 Å². The van der Waals surface area contributed by atoms with Crippen molar-refractivity contribution in [2.24, 2.45) is 5.92 Å². The first-order valence-electron chi connectivity index (χ1n) is 7.38. The lowest BCUT2D eigenvalue weighted by atomic mass is 9.91. The van der Waals surface area contributed by atoms with E-state index in [1.807, 2.05) is 30.3 Å². The molecule has 1 heterocycles. The van der Waals surface area contributed by atoms with E-state index in [4.69, 9.17) is 14.6 Å². The zero-order chi connectivity index (χ0) is 16.2. The van der Waals surface area contributed by atoms with E-state index in [-0.39, 0.29) is 18.6 Å². The fourth-order valence-electron chi connectivity index (χ4n) is 2.65. The second-order valence-corrected chi connectivity index (χ2v) is 5.97. The lowest BCUT2D eigenvalue weighted by Crippen LogP contribution is -2.43. The number of carboxylic acid groups (broad SMARTS) is 1. The van der Waals surface area contributed by atoms with Gasteiger partial charge in [-0.15, -0.1) is 0 Å². The Morgan fingerprint density at radius 3 is 2.64 bits per heavy atom. The molecule has 1 saturated heterocycles.